The van der Waals surface area contributed by atoms with Crippen LogP contribution < -0.4 is 14.5 Å². The summed E-state index contributed by atoms with van der Waals surface area (Å²) in [6.07, 6.45) is 9.47. The van der Waals surface area contributed by atoms with Gasteiger partial charge in [-0.1, -0.05) is 29.0 Å². The number of thiazole rings is 1. The van der Waals surface area contributed by atoms with E-state index in [1.165, 1.54) is 0 Å². The largest absolute Gasteiger partial charge is 0.487 e. The van der Waals surface area contributed by atoms with E-state index in [-0.39, 0.29) is 12.1 Å². The Hall–Kier alpha value is -2.45. The molecule has 3 aliphatic rings. The van der Waals surface area contributed by atoms with Gasteiger partial charge in [-0.25, -0.2) is 4.98 Å². The molecule has 0 bridgehead atoms. The number of hydrogen-bond donors (Lipinski definition) is 1. The number of carbonyl (C=O) groups is 1. The molecule has 1 spiro atoms. The molecule has 2 aromatic rings. The molecule has 0 atom stereocenters. The molecular weight excluding hydrogens is 424 g/mol. The van der Waals surface area contributed by atoms with Gasteiger partial charge in [-0.2, -0.15) is 0 Å². The fraction of sp³-hybridized carbons (Fsp3) is 0.429. The van der Waals surface area contributed by atoms with Crippen molar-refractivity contribution in [3.05, 3.63) is 47.4 Å². The van der Waals surface area contributed by atoms with Crippen molar-refractivity contribution in [2.75, 3.05) is 36.1 Å². The highest BCUT2D eigenvalue weighted by atomic mass is 35.5. The standard InChI is InChI=1S/C21H23ClN4O3S/c22-16-2-1-3-17-15(16)4-5-21(29-17)6-8-25(9-7-21)20-23-12-18(30-20)26-11-10-24(14-26)13-19(27)28/h1-3,10-12H,4-9,13-14H2,(H,27,28). The quantitative estimate of drug-likeness (QED) is 0.766. The molecule has 0 amide bonds. The average Bonchev–Trinajstić information content (AvgIpc) is 3.38. The zero-order valence-electron chi connectivity index (χ0n) is 16.5. The van der Waals surface area contributed by atoms with Gasteiger partial charge in [0.1, 0.15) is 22.9 Å². The number of nitrogens with zero attached hydrogens (tertiary/aromatic N) is 4. The van der Waals surface area contributed by atoms with Gasteiger partial charge in [0, 0.05) is 48.9 Å². The average molecular weight is 447 g/mol. The topological polar surface area (TPSA) is 69.1 Å². The second-order valence-electron chi connectivity index (χ2n) is 8.02. The van der Waals surface area contributed by atoms with E-state index in [2.05, 4.69) is 9.88 Å². The number of rotatable bonds is 4. The van der Waals surface area contributed by atoms with Crippen LogP contribution in [0.2, 0.25) is 5.02 Å². The van der Waals surface area contributed by atoms with Crippen LogP contribution in [0.3, 0.4) is 0 Å². The Morgan fingerprint density at radius 3 is 2.90 bits per heavy atom. The lowest BCUT2D eigenvalue weighted by Gasteiger charge is -2.44. The fourth-order valence-electron chi connectivity index (χ4n) is 4.39. The van der Waals surface area contributed by atoms with Gasteiger partial charge < -0.3 is 24.5 Å². The lowest BCUT2D eigenvalue weighted by atomic mass is 9.83. The molecular formula is C21H23ClN4O3S. The monoisotopic (exact) mass is 446 g/mol. The molecule has 3 aliphatic heterocycles. The lowest BCUT2D eigenvalue weighted by Crippen LogP contribution is -2.49. The van der Waals surface area contributed by atoms with E-state index in [0.29, 0.717) is 6.67 Å². The van der Waals surface area contributed by atoms with Gasteiger partial charge in [0.05, 0.1) is 12.9 Å². The SMILES string of the molecule is O=C(O)CN1C=CN(c2cnc(N3CCC4(CCc5c(Cl)cccc5O4)CC3)s2)C1. The lowest BCUT2D eigenvalue weighted by molar-refractivity contribution is -0.137. The van der Waals surface area contributed by atoms with Crippen LogP contribution in [0.15, 0.2) is 36.8 Å². The summed E-state index contributed by atoms with van der Waals surface area (Å²) < 4.78 is 6.46. The number of anilines is 2. The normalized spacial score (nSPS) is 19.8. The first-order chi connectivity index (χ1) is 14.5. The molecule has 0 unspecified atom stereocenters. The number of hydrogen-bond acceptors (Lipinski definition) is 7. The van der Waals surface area contributed by atoms with E-state index in [4.69, 9.17) is 21.4 Å². The Balaban J connectivity index is 1.21. The van der Waals surface area contributed by atoms with Crippen molar-refractivity contribution in [3.63, 3.8) is 0 Å². The van der Waals surface area contributed by atoms with Crippen molar-refractivity contribution < 1.29 is 14.6 Å². The third-order valence-electron chi connectivity index (χ3n) is 6.07. The van der Waals surface area contributed by atoms with Crippen LogP contribution in [-0.4, -0.2) is 52.9 Å². The number of halogens is 1. The number of aromatic nitrogens is 1. The molecule has 158 valence electrons. The van der Waals surface area contributed by atoms with Crippen molar-refractivity contribution in [3.8, 4) is 5.75 Å². The van der Waals surface area contributed by atoms with Gasteiger partial charge in [-0.15, -0.1) is 0 Å². The second kappa shape index (κ2) is 7.67. The number of carboxylic acid groups (broad SMARTS) is 1. The molecule has 1 fully saturated rings. The highest BCUT2D eigenvalue weighted by Crippen LogP contribution is 2.43. The molecule has 1 saturated heterocycles. The third kappa shape index (κ3) is 3.70. The van der Waals surface area contributed by atoms with Crippen molar-refractivity contribution in [2.45, 2.75) is 31.3 Å². The molecule has 9 heteroatoms. The Kier molecular flexibility index (Phi) is 4.99. The molecule has 0 aliphatic carbocycles. The van der Waals surface area contributed by atoms with E-state index in [0.717, 1.165) is 65.2 Å². The Bertz CT molecular complexity index is 986. The highest BCUT2D eigenvalue weighted by molar-refractivity contribution is 7.19. The van der Waals surface area contributed by atoms with Crippen LogP contribution >= 0.6 is 22.9 Å². The number of piperidine rings is 1. The van der Waals surface area contributed by atoms with Crippen LogP contribution in [0.5, 0.6) is 5.75 Å². The predicted molar refractivity (Wildman–Crippen MR) is 118 cm³/mol. The van der Waals surface area contributed by atoms with E-state index < -0.39 is 5.97 Å². The number of carboxylic acids is 1. The van der Waals surface area contributed by atoms with E-state index in [1.807, 2.05) is 41.7 Å². The van der Waals surface area contributed by atoms with Gasteiger partial charge in [0.2, 0.25) is 0 Å². The van der Waals surface area contributed by atoms with Crippen LogP contribution in [0.25, 0.3) is 0 Å². The predicted octanol–water partition coefficient (Wildman–Crippen LogP) is 3.80. The first kappa shape index (κ1) is 19.5. The molecule has 30 heavy (non-hydrogen) atoms. The maximum Gasteiger partial charge on any atom is 0.323 e. The smallest absolute Gasteiger partial charge is 0.323 e. The molecule has 5 rings (SSSR count). The molecule has 0 saturated carbocycles. The van der Waals surface area contributed by atoms with Gasteiger partial charge in [-0.05, 0) is 25.0 Å². The van der Waals surface area contributed by atoms with Crippen molar-refractivity contribution in [1.82, 2.24) is 9.88 Å². The van der Waals surface area contributed by atoms with Crippen LogP contribution in [-0.2, 0) is 11.2 Å². The maximum atomic E-state index is 10.9. The number of benzene rings is 1. The third-order valence-corrected chi connectivity index (χ3v) is 7.52. The van der Waals surface area contributed by atoms with Crippen LogP contribution in [0, 0.1) is 0 Å². The fourth-order valence-corrected chi connectivity index (χ4v) is 5.60. The minimum absolute atomic E-state index is 0.00120. The van der Waals surface area contributed by atoms with E-state index in [1.54, 1.807) is 16.2 Å². The Morgan fingerprint density at radius 2 is 2.10 bits per heavy atom. The highest BCUT2D eigenvalue weighted by Gasteiger charge is 2.40. The summed E-state index contributed by atoms with van der Waals surface area (Å²) >= 11 is 7.97. The zero-order valence-corrected chi connectivity index (χ0v) is 18.0. The first-order valence-electron chi connectivity index (χ1n) is 10.1. The van der Waals surface area contributed by atoms with Crippen molar-refractivity contribution in [2.24, 2.45) is 0 Å². The molecule has 1 aromatic carbocycles. The van der Waals surface area contributed by atoms with Crippen LogP contribution in [0.4, 0.5) is 10.1 Å². The summed E-state index contributed by atoms with van der Waals surface area (Å²) in [5.41, 5.74) is 1.02. The summed E-state index contributed by atoms with van der Waals surface area (Å²) in [5, 5.41) is 11.8. The molecule has 1 aromatic heterocycles. The van der Waals surface area contributed by atoms with Gasteiger partial charge in [0.15, 0.2) is 5.13 Å². The van der Waals surface area contributed by atoms with Crippen molar-refractivity contribution in [1.29, 1.82) is 0 Å². The number of aliphatic carboxylic acids is 1. The van der Waals surface area contributed by atoms with Crippen molar-refractivity contribution >= 4 is 39.0 Å². The molecule has 7 nitrogen and oxygen atoms in total. The molecule has 4 heterocycles. The summed E-state index contributed by atoms with van der Waals surface area (Å²) in [5.74, 6) is 0.106. The van der Waals surface area contributed by atoms with E-state index in [9.17, 15) is 4.79 Å². The minimum Gasteiger partial charge on any atom is -0.487 e. The van der Waals surface area contributed by atoms with Gasteiger partial charge >= 0.3 is 5.97 Å². The zero-order chi connectivity index (χ0) is 20.7. The second-order valence-corrected chi connectivity index (χ2v) is 9.41. The van der Waals surface area contributed by atoms with Crippen LogP contribution in [0.1, 0.15) is 24.8 Å². The van der Waals surface area contributed by atoms with Gasteiger partial charge in [-0.3, -0.25) is 4.79 Å². The molecule has 0 radical (unpaired) electrons. The number of ether oxygens (including phenoxy) is 1. The summed E-state index contributed by atoms with van der Waals surface area (Å²) in [4.78, 5) is 21.6. The number of fused-ring (bicyclic) bond motifs is 1. The minimum atomic E-state index is -0.830. The van der Waals surface area contributed by atoms with E-state index >= 15 is 0 Å². The summed E-state index contributed by atoms with van der Waals surface area (Å²) in [7, 11) is 0. The Labute approximate surface area is 184 Å². The first-order valence-corrected chi connectivity index (χ1v) is 11.3. The molecule has 1 N–H and O–H groups in total. The summed E-state index contributed by atoms with van der Waals surface area (Å²) in [6, 6.07) is 5.91. The summed E-state index contributed by atoms with van der Waals surface area (Å²) in [6.45, 7) is 2.35. The maximum absolute atomic E-state index is 10.9. The Morgan fingerprint density at radius 1 is 1.27 bits per heavy atom. The van der Waals surface area contributed by atoms with Gasteiger partial charge in [0.25, 0.3) is 0 Å².